The summed E-state index contributed by atoms with van der Waals surface area (Å²) in [6, 6.07) is 4.12. The largest absolute Gasteiger partial charge is 0.465 e. The second-order valence-electron chi connectivity index (χ2n) is 7.18. The average Bonchev–Trinajstić information content (AvgIpc) is 3.23. The van der Waals surface area contributed by atoms with Gasteiger partial charge in [0.1, 0.15) is 4.83 Å². The van der Waals surface area contributed by atoms with Gasteiger partial charge < -0.3 is 14.8 Å². The molecule has 0 radical (unpaired) electrons. The van der Waals surface area contributed by atoms with Crippen molar-refractivity contribution >= 4 is 56.8 Å². The first-order valence-corrected chi connectivity index (χ1v) is 13.9. The maximum atomic E-state index is 13.0. The normalized spacial score (nSPS) is 9.89. The minimum atomic E-state index is -0.664. The first kappa shape index (κ1) is 32.6. The Morgan fingerprint density at radius 3 is 2.11 bits per heavy atom. The quantitative estimate of drug-likeness (QED) is 0.163. The number of thioether (sulfide) groups is 1. The summed E-state index contributed by atoms with van der Waals surface area (Å²) < 4.78 is 10.9. The number of nitrogens with zero attached hydrogens (tertiary/aromatic N) is 2. The number of allylic oxidation sites excluding steroid dienone is 1. The van der Waals surface area contributed by atoms with E-state index in [0.717, 1.165) is 22.2 Å². The van der Waals surface area contributed by atoms with Crippen molar-refractivity contribution in [3.63, 3.8) is 0 Å². The lowest BCUT2D eigenvalue weighted by Gasteiger charge is -2.11. The number of methoxy groups -OCH3 is 2. The molecule has 0 saturated heterocycles. The summed E-state index contributed by atoms with van der Waals surface area (Å²) in [5, 5.41) is 3.63. The summed E-state index contributed by atoms with van der Waals surface area (Å²) in [5.41, 5.74) is 1.12. The molecule has 0 atom stereocenters. The summed E-state index contributed by atoms with van der Waals surface area (Å²) in [5.74, 6) is -1.80. The molecule has 206 valence electrons. The van der Waals surface area contributed by atoms with E-state index in [1.165, 1.54) is 48.3 Å². The van der Waals surface area contributed by atoms with Gasteiger partial charge in [-0.15, -0.1) is 17.9 Å². The zero-order valence-corrected chi connectivity index (χ0v) is 24.7. The molecule has 0 saturated carbocycles. The van der Waals surface area contributed by atoms with Crippen LogP contribution in [-0.4, -0.2) is 47.4 Å². The topological polar surface area (TPSA) is 117 Å². The Balaban J connectivity index is 0.00000172. The highest BCUT2D eigenvalue weighted by Crippen LogP contribution is 2.28. The highest BCUT2D eigenvalue weighted by Gasteiger charge is 2.18. The van der Waals surface area contributed by atoms with Crippen LogP contribution in [0.4, 0.5) is 5.69 Å². The molecule has 0 aliphatic rings. The number of carbonyl (C=O) groups excluding carboxylic acids is 3. The van der Waals surface area contributed by atoms with Crippen LogP contribution in [0.25, 0.3) is 10.2 Å². The molecule has 1 N–H and O–H groups in total. The molecule has 1 amide bonds. The van der Waals surface area contributed by atoms with Gasteiger partial charge in [0.05, 0.1) is 36.5 Å². The van der Waals surface area contributed by atoms with E-state index in [2.05, 4.69) is 16.9 Å². The van der Waals surface area contributed by atoms with Crippen LogP contribution in [-0.2, 0) is 20.8 Å². The molecule has 9 nitrogen and oxygen atoms in total. The molecule has 3 aromatic rings. The van der Waals surface area contributed by atoms with E-state index in [0.29, 0.717) is 15.4 Å². The third-order valence-corrected chi connectivity index (χ3v) is 7.03. The van der Waals surface area contributed by atoms with Crippen LogP contribution < -0.4 is 10.9 Å². The number of hydrogen-bond donors (Lipinski definition) is 1. The predicted molar refractivity (Wildman–Crippen MR) is 155 cm³/mol. The summed E-state index contributed by atoms with van der Waals surface area (Å²) >= 11 is 2.54. The lowest BCUT2D eigenvalue weighted by atomic mass is 10.1. The first-order valence-electron chi connectivity index (χ1n) is 12.1. The number of amides is 1. The van der Waals surface area contributed by atoms with Crippen molar-refractivity contribution < 1.29 is 23.9 Å². The number of thiophene rings is 1. The number of benzene rings is 1. The van der Waals surface area contributed by atoms with E-state index in [9.17, 15) is 19.2 Å². The number of carbonyl (C=O) groups is 3. The first-order chi connectivity index (χ1) is 18.2. The van der Waals surface area contributed by atoms with Crippen molar-refractivity contribution in [1.82, 2.24) is 9.55 Å². The van der Waals surface area contributed by atoms with Crippen LogP contribution in [0.5, 0.6) is 0 Å². The Labute approximate surface area is 231 Å². The molecule has 0 bridgehead atoms. The molecule has 2 aromatic heterocycles. The summed E-state index contributed by atoms with van der Waals surface area (Å²) in [6.07, 6.45) is 1.60. The predicted octanol–water partition coefficient (Wildman–Crippen LogP) is 5.62. The minimum absolute atomic E-state index is 0.0611. The Hall–Kier alpha value is -3.44. The highest BCUT2D eigenvalue weighted by atomic mass is 32.2. The second-order valence-corrected chi connectivity index (χ2v) is 9.33. The van der Waals surface area contributed by atoms with E-state index in [4.69, 9.17) is 9.47 Å². The molecule has 0 aliphatic heterocycles. The van der Waals surface area contributed by atoms with Gasteiger partial charge in [-0.2, -0.15) is 0 Å². The van der Waals surface area contributed by atoms with Crippen LogP contribution in [0.15, 0.2) is 40.8 Å². The van der Waals surface area contributed by atoms with E-state index in [-0.39, 0.29) is 34.7 Å². The van der Waals surface area contributed by atoms with Gasteiger partial charge in [-0.25, -0.2) is 14.6 Å². The van der Waals surface area contributed by atoms with E-state index in [1.807, 2.05) is 41.5 Å². The number of aromatic nitrogens is 2. The van der Waals surface area contributed by atoms with Gasteiger partial charge in [0, 0.05) is 17.1 Å². The van der Waals surface area contributed by atoms with E-state index >= 15 is 0 Å². The zero-order chi connectivity index (χ0) is 29.0. The molecule has 11 heteroatoms. The lowest BCUT2D eigenvalue weighted by molar-refractivity contribution is -0.113. The molecule has 3 rings (SSSR count). The summed E-state index contributed by atoms with van der Waals surface area (Å²) in [6.45, 7) is 15.8. The van der Waals surface area contributed by atoms with Gasteiger partial charge in [0.25, 0.3) is 5.56 Å². The van der Waals surface area contributed by atoms with Gasteiger partial charge in [-0.05, 0) is 37.6 Å². The van der Waals surface area contributed by atoms with Crippen molar-refractivity contribution in [2.45, 2.75) is 53.2 Å². The zero-order valence-electron chi connectivity index (χ0n) is 23.1. The van der Waals surface area contributed by atoms with Gasteiger partial charge >= 0.3 is 11.9 Å². The Kier molecular flexibility index (Phi) is 13.5. The molecular weight excluding hydrogens is 526 g/mol. The number of hydrogen-bond acceptors (Lipinski definition) is 9. The summed E-state index contributed by atoms with van der Waals surface area (Å²) in [7, 11) is 2.43. The van der Waals surface area contributed by atoms with Gasteiger partial charge in [0.2, 0.25) is 5.91 Å². The fourth-order valence-electron chi connectivity index (χ4n) is 3.21. The van der Waals surface area contributed by atoms with Crippen LogP contribution in [0.1, 0.15) is 58.9 Å². The number of esters is 2. The van der Waals surface area contributed by atoms with Crippen LogP contribution in [0.2, 0.25) is 0 Å². The SMILES string of the molecule is C=CCn1c(SCC(=O)Nc2cc(C(=O)OC)cc(C(=O)OC)c2)nc2sc(C)c(C)c2c1=O.CC.CC. The van der Waals surface area contributed by atoms with E-state index < -0.39 is 17.8 Å². The van der Waals surface area contributed by atoms with Gasteiger partial charge in [0.15, 0.2) is 5.16 Å². The maximum absolute atomic E-state index is 13.0. The second kappa shape index (κ2) is 15.7. The van der Waals surface area contributed by atoms with Crippen LogP contribution in [0, 0.1) is 13.8 Å². The average molecular weight is 562 g/mol. The number of aryl methyl sites for hydroxylation is 2. The monoisotopic (exact) mass is 561 g/mol. The van der Waals surface area contributed by atoms with Crippen LogP contribution >= 0.6 is 23.1 Å². The molecule has 38 heavy (non-hydrogen) atoms. The molecule has 0 aliphatic carbocycles. The number of rotatable bonds is 8. The smallest absolute Gasteiger partial charge is 0.337 e. The number of ether oxygens (including phenoxy) is 2. The molecule has 2 heterocycles. The van der Waals surface area contributed by atoms with Gasteiger partial charge in [-0.1, -0.05) is 45.5 Å². The maximum Gasteiger partial charge on any atom is 0.337 e. The number of fused-ring (bicyclic) bond motifs is 1. The van der Waals surface area contributed by atoms with E-state index in [1.54, 1.807) is 6.08 Å². The Morgan fingerprint density at radius 1 is 1.05 bits per heavy atom. The number of nitrogens with one attached hydrogen (secondary N) is 1. The van der Waals surface area contributed by atoms with Crippen molar-refractivity contribution in [2.75, 3.05) is 25.3 Å². The molecule has 0 spiro atoms. The van der Waals surface area contributed by atoms with Gasteiger partial charge in [-0.3, -0.25) is 14.2 Å². The lowest BCUT2D eigenvalue weighted by Crippen LogP contribution is -2.23. The minimum Gasteiger partial charge on any atom is -0.465 e. The van der Waals surface area contributed by atoms with Crippen molar-refractivity contribution in [1.29, 1.82) is 0 Å². The Morgan fingerprint density at radius 2 is 1.61 bits per heavy atom. The third-order valence-electron chi connectivity index (χ3n) is 4.96. The third kappa shape index (κ3) is 7.78. The fraction of sp³-hybridized carbons (Fsp3) is 0.370. The Bertz CT molecular complexity index is 1330. The molecular formula is C27H35N3O6S2. The number of anilines is 1. The summed E-state index contributed by atoms with van der Waals surface area (Å²) in [4.78, 5) is 55.9. The van der Waals surface area contributed by atoms with Crippen molar-refractivity contribution in [3.8, 4) is 0 Å². The van der Waals surface area contributed by atoms with Crippen LogP contribution in [0.3, 0.4) is 0 Å². The highest BCUT2D eigenvalue weighted by molar-refractivity contribution is 7.99. The van der Waals surface area contributed by atoms with Crippen molar-refractivity contribution in [2.24, 2.45) is 0 Å². The molecule has 1 aromatic carbocycles. The fourth-order valence-corrected chi connectivity index (χ4v) is 5.09. The molecule has 0 fully saturated rings. The standard InChI is InChI=1S/C23H23N3O6S2.2C2H6/c1-6-7-26-20(28)18-12(2)13(3)34-19(18)25-23(26)33-11-17(27)24-16-9-14(21(29)31-4)8-15(10-16)22(30)32-5;2*1-2/h6,8-10H,1,7,11H2,2-5H3,(H,24,27);2*1-2H3. The van der Waals surface area contributed by atoms with Crippen molar-refractivity contribution in [3.05, 3.63) is 62.8 Å². The molecule has 0 unspecified atom stereocenters.